The number of aromatic amines is 2. The van der Waals surface area contributed by atoms with Gasteiger partial charge >= 0.3 is 0 Å². The molecule has 0 fully saturated rings. The highest BCUT2D eigenvalue weighted by Crippen LogP contribution is 2.36. The predicted molar refractivity (Wildman–Crippen MR) is 132 cm³/mol. The summed E-state index contributed by atoms with van der Waals surface area (Å²) < 4.78 is 1.26. The lowest BCUT2D eigenvalue weighted by molar-refractivity contribution is 1.14. The number of halogens is 1. The normalized spacial score (nSPS) is 11.0. The van der Waals surface area contributed by atoms with Gasteiger partial charge in [-0.25, -0.2) is 4.98 Å². The van der Waals surface area contributed by atoms with E-state index < -0.39 is 0 Å². The van der Waals surface area contributed by atoms with Crippen molar-refractivity contribution in [2.75, 3.05) is 0 Å². The summed E-state index contributed by atoms with van der Waals surface area (Å²) in [6.07, 6.45) is 0. The van der Waals surface area contributed by atoms with Gasteiger partial charge in [-0.15, -0.1) is 0 Å². The zero-order valence-corrected chi connectivity index (χ0v) is 18.6. The molecule has 5 aromatic rings. The fraction of sp³-hybridized carbons (Fsp3) is 0. The summed E-state index contributed by atoms with van der Waals surface area (Å²) in [6, 6.07) is 27.4. The molecule has 150 valence electrons. The fourth-order valence-electron chi connectivity index (χ4n) is 3.78. The van der Waals surface area contributed by atoms with Crippen LogP contribution in [0.25, 0.3) is 44.5 Å². The first-order valence-electron chi connectivity index (χ1n) is 9.68. The number of H-pyrrole nitrogens is 2. The Bertz CT molecular complexity index is 1530. The van der Waals surface area contributed by atoms with Crippen LogP contribution in [0.15, 0.2) is 94.2 Å². The smallest absolute Gasteiger partial charge is 0.258 e. The van der Waals surface area contributed by atoms with Crippen molar-refractivity contribution >= 4 is 39.1 Å². The zero-order chi connectivity index (χ0) is 21.4. The van der Waals surface area contributed by atoms with Crippen LogP contribution in [0.2, 0.25) is 0 Å². The van der Waals surface area contributed by atoms with Gasteiger partial charge < -0.3 is 9.97 Å². The Morgan fingerprint density at radius 1 is 0.774 bits per heavy atom. The van der Waals surface area contributed by atoms with Crippen LogP contribution < -0.4 is 5.56 Å². The highest BCUT2D eigenvalue weighted by Gasteiger charge is 2.18. The molecule has 5 rings (SSSR count). The van der Waals surface area contributed by atoms with Crippen molar-refractivity contribution in [3.05, 3.63) is 105 Å². The van der Waals surface area contributed by atoms with Crippen molar-refractivity contribution in [3.63, 3.8) is 0 Å². The molecule has 4 nitrogen and oxygen atoms in total. The summed E-state index contributed by atoms with van der Waals surface area (Å²) in [4.78, 5) is 24.0. The summed E-state index contributed by atoms with van der Waals surface area (Å²) in [6.45, 7) is 0. The molecule has 0 aliphatic carbocycles. The van der Waals surface area contributed by atoms with E-state index in [1.807, 2.05) is 84.9 Å². The van der Waals surface area contributed by atoms with E-state index in [1.54, 1.807) is 0 Å². The highest BCUT2D eigenvalue weighted by molar-refractivity contribution is 9.10. The maximum atomic E-state index is 13.3. The Hall–Kier alpha value is -3.35. The van der Waals surface area contributed by atoms with E-state index in [2.05, 4.69) is 30.9 Å². The lowest BCUT2D eigenvalue weighted by atomic mass is 9.94. The Labute approximate surface area is 191 Å². The van der Waals surface area contributed by atoms with Crippen LogP contribution in [0.4, 0.5) is 0 Å². The van der Waals surface area contributed by atoms with E-state index in [0.29, 0.717) is 21.7 Å². The average molecular weight is 486 g/mol. The van der Waals surface area contributed by atoms with Crippen molar-refractivity contribution in [2.45, 2.75) is 0 Å². The summed E-state index contributed by atoms with van der Waals surface area (Å²) in [5, 5.41) is 0.938. The number of benzene rings is 3. The van der Waals surface area contributed by atoms with Crippen LogP contribution in [-0.4, -0.2) is 15.0 Å². The third-order valence-corrected chi connectivity index (χ3v) is 5.81. The number of pyridine rings is 1. The minimum absolute atomic E-state index is 0.190. The van der Waals surface area contributed by atoms with Gasteiger partial charge in [-0.1, -0.05) is 76.6 Å². The topological polar surface area (TPSA) is 61.5 Å². The zero-order valence-electron chi connectivity index (χ0n) is 16.2. The largest absolute Gasteiger partial charge is 0.330 e. The number of nitrogens with zero attached hydrogens (tertiary/aromatic N) is 1. The lowest BCUT2D eigenvalue weighted by Gasteiger charge is -2.14. The molecule has 0 amide bonds. The standard InChI is InChI=1S/C25H16BrN3OS/c26-17-11-12-19-18(13-17)22(16-9-5-2-6-10-16)23(24(30)27-19)21-14-20(28-25(31)29-21)15-7-3-1-4-8-15/h1-14H,(H,27,30)(H,28,29,31). The molecule has 0 radical (unpaired) electrons. The highest BCUT2D eigenvalue weighted by atomic mass is 79.9. The van der Waals surface area contributed by atoms with Crippen molar-refractivity contribution in [3.8, 4) is 33.6 Å². The third kappa shape index (κ3) is 3.76. The first kappa shape index (κ1) is 19.6. The number of hydrogen-bond acceptors (Lipinski definition) is 3. The van der Waals surface area contributed by atoms with Crippen LogP contribution >= 0.6 is 28.1 Å². The molecule has 2 aromatic heterocycles. The molecule has 2 N–H and O–H groups in total. The van der Waals surface area contributed by atoms with Crippen LogP contribution in [0.3, 0.4) is 0 Å². The van der Waals surface area contributed by atoms with Gasteiger partial charge in [0.15, 0.2) is 4.77 Å². The van der Waals surface area contributed by atoms with Crippen LogP contribution in [0.1, 0.15) is 0 Å². The van der Waals surface area contributed by atoms with E-state index in [4.69, 9.17) is 12.2 Å². The molecule has 6 heteroatoms. The van der Waals surface area contributed by atoms with Gasteiger partial charge in [0.1, 0.15) is 0 Å². The molecule has 0 unspecified atom stereocenters. The number of hydrogen-bond donors (Lipinski definition) is 2. The Kier molecular flexibility index (Phi) is 5.10. The minimum Gasteiger partial charge on any atom is -0.330 e. The molecule has 0 saturated heterocycles. The van der Waals surface area contributed by atoms with E-state index in [1.165, 1.54) is 0 Å². The first-order chi connectivity index (χ1) is 15.1. The van der Waals surface area contributed by atoms with E-state index in [-0.39, 0.29) is 5.56 Å². The summed E-state index contributed by atoms with van der Waals surface area (Å²) in [7, 11) is 0. The second-order valence-electron chi connectivity index (χ2n) is 7.11. The molecule has 0 aliphatic rings. The SMILES string of the molecule is O=c1[nH]c2ccc(Br)cc2c(-c2ccccc2)c1-c1cc(-c2ccccc2)nc(=S)[nH]1. The molecule has 0 spiro atoms. The van der Waals surface area contributed by atoms with Gasteiger partial charge in [0, 0.05) is 26.5 Å². The first-order valence-corrected chi connectivity index (χ1v) is 10.9. The van der Waals surface area contributed by atoms with Crippen LogP contribution in [-0.2, 0) is 0 Å². The predicted octanol–water partition coefficient (Wildman–Crippen LogP) is 6.74. The Morgan fingerprint density at radius 3 is 2.16 bits per heavy atom. The van der Waals surface area contributed by atoms with Gasteiger partial charge in [-0.05, 0) is 42.0 Å². The molecule has 0 atom stereocenters. The minimum atomic E-state index is -0.190. The van der Waals surface area contributed by atoms with E-state index in [0.717, 1.165) is 32.1 Å². The number of aromatic nitrogens is 3. The van der Waals surface area contributed by atoms with Crippen molar-refractivity contribution in [2.24, 2.45) is 0 Å². The van der Waals surface area contributed by atoms with Crippen LogP contribution in [0.5, 0.6) is 0 Å². The molecular formula is C25H16BrN3OS. The van der Waals surface area contributed by atoms with Gasteiger partial charge in [0.05, 0.1) is 17.0 Å². The van der Waals surface area contributed by atoms with Gasteiger partial charge in [0.25, 0.3) is 5.56 Å². The summed E-state index contributed by atoms with van der Waals surface area (Å²) in [5.74, 6) is 0. The monoisotopic (exact) mass is 485 g/mol. The fourth-order valence-corrected chi connectivity index (χ4v) is 4.35. The summed E-state index contributed by atoms with van der Waals surface area (Å²) >= 11 is 8.99. The van der Waals surface area contributed by atoms with Crippen molar-refractivity contribution in [1.29, 1.82) is 0 Å². The van der Waals surface area contributed by atoms with Gasteiger partial charge in [0.2, 0.25) is 0 Å². The number of rotatable bonds is 3. The molecule has 0 saturated carbocycles. The van der Waals surface area contributed by atoms with Gasteiger partial charge in [-0.3, -0.25) is 4.79 Å². The Morgan fingerprint density at radius 2 is 1.45 bits per heavy atom. The van der Waals surface area contributed by atoms with Crippen molar-refractivity contribution in [1.82, 2.24) is 15.0 Å². The number of nitrogens with one attached hydrogen (secondary N) is 2. The summed E-state index contributed by atoms with van der Waals surface area (Å²) in [5.41, 5.74) is 5.18. The Balaban J connectivity index is 1.88. The van der Waals surface area contributed by atoms with E-state index in [9.17, 15) is 4.79 Å². The van der Waals surface area contributed by atoms with Crippen molar-refractivity contribution < 1.29 is 0 Å². The molecule has 0 bridgehead atoms. The van der Waals surface area contributed by atoms with Gasteiger partial charge in [-0.2, -0.15) is 0 Å². The lowest BCUT2D eigenvalue weighted by Crippen LogP contribution is -2.12. The molecule has 31 heavy (non-hydrogen) atoms. The molecule has 3 aromatic carbocycles. The molecule has 2 heterocycles. The number of fused-ring (bicyclic) bond motifs is 1. The molecular weight excluding hydrogens is 470 g/mol. The maximum absolute atomic E-state index is 13.3. The van der Waals surface area contributed by atoms with E-state index >= 15 is 0 Å². The maximum Gasteiger partial charge on any atom is 0.258 e. The molecule has 0 aliphatic heterocycles. The average Bonchev–Trinajstić information content (AvgIpc) is 2.79. The quantitative estimate of drug-likeness (QED) is 0.278. The second kappa shape index (κ2) is 8.06. The third-order valence-electron chi connectivity index (χ3n) is 5.12. The van der Waals surface area contributed by atoms with Crippen LogP contribution in [0, 0.1) is 4.77 Å². The second-order valence-corrected chi connectivity index (χ2v) is 8.41.